The molecule has 0 amide bonds. The normalized spacial score (nSPS) is 14.1. The average Bonchev–Trinajstić information content (AvgIpc) is 2.48. The van der Waals surface area contributed by atoms with E-state index in [1.54, 1.807) is 0 Å². The number of hydrogen-bond acceptors (Lipinski definition) is 2. The molecule has 0 spiro atoms. The summed E-state index contributed by atoms with van der Waals surface area (Å²) in [5, 5.41) is 0. The van der Waals surface area contributed by atoms with E-state index in [4.69, 9.17) is 0 Å². The Morgan fingerprint density at radius 2 is 1.22 bits per heavy atom. The van der Waals surface area contributed by atoms with Crippen LogP contribution in [0.1, 0.15) is 19.8 Å². The molecular weight excluding hydrogens is 423 g/mol. The van der Waals surface area contributed by atoms with Gasteiger partial charge in [-0.3, -0.25) is 0 Å². The van der Waals surface area contributed by atoms with Crippen LogP contribution in [-0.4, -0.2) is 42.4 Å². The monoisotopic (exact) mass is 432 g/mol. The summed E-state index contributed by atoms with van der Waals surface area (Å²) < 4.78 is 169. The van der Waals surface area contributed by atoms with E-state index in [0.29, 0.717) is 0 Å². The van der Waals surface area contributed by atoms with Gasteiger partial charge in [0.1, 0.15) is 5.57 Å². The quantitative estimate of drug-likeness (QED) is 0.284. The molecule has 0 bridgehead atoms. The topological polar surface area (TPSA) is 26.3 Å². The Kier molecular flexibility index (Phi) is 7.25. The summed E-state index contributed by atoms with van der Waals surface area (Å²) in [7, 11) is 0. The standard InChI is InChI=1S/C12H9F13O2/c1-2-3-27-7(26)5(6(13)14)4-8(15,16)9(17,18)10(19,20)11(21,22)12(23,24)25/h2-4H2,1H3. The van der Waals surface area contributed by atoms with Crippen molar-refractivity contribution in [3.8, 4) is 0 Å². The zero-order valence-corrected chi connectivity index (χ0v) is 12.9. The highest BCUT2D eigenvalue weighted by molar-refractivity contribution is 5.88. The molecular formula is C12H9F13O2. The molecule has 0 saturated heterocycles. The SMILES string of the molecule is CCCOC(=O)C(CC(F)(F)C(F)(F)C(F)(F)C(F)(F)C(F)(F)F)=C(F)F. The fourth-order valence-electron chi connectivity index (χ4n) is 1.44. The lowest BCUT2D eigenvalue weighted by Crippen LogP contribution is -2.66. The molecule has 160 valence electrons. The predicted octanol–water partition coefficient (Wildman–Crippen LogP) is 5.58. The van der Waals surface area contributed by atoms with E-state index >= 15 is 0 Å². The molecule has 0 rings (SSSR count). The fourth-order valence-corrected chi connectivity index (χ4v) is 1.44. The number of hydrogen-bond donors (Lipinski definition) is 0. The summed E-state index contributed by atoms with van der Waals surface area (Å²) in [5.41, 5.74) is -2.58. The van der Waals surface area contributed by atoms with Crippen molar-refractivity contribution in [2.24, 2.45) is 0 Å². The molecule has 0 N–H and O–H groups in total. The van der Waals surface area contributed by atoms with Crippen LogP contribution in [-0.2, 0) is 9.53 Å². The van der Waals surface area contributed by atoms with Crippen molar-refractivity contribution in [3.63, 3.8) is 0 Å². The number of ether oxygens (including phenoxy) is 1. The number of esters is 1. The Hall–Kier alpha value is -1.70. The Morgan fingerprint density at radius 3 is 1.56 bits per heavy atom. The van der Waals surface area contributed by atoms with Crippen molar-refractivity contribution in [2.45, 2.75) is 49.6 Å². The smallest absolute Gasteiger partial charge is 0.460 e. The van der Waals surface area contributed by atoms with Crippen molar-refractivity contribution < 1.29 is 66.6 Å². The van der Waals surface area contributed by atoms with Crippen LogP contribution < -0.4 is 0 Å². The highest BCUT2D eigenvalue weighted by Crippen LogP contribution is 2.58. The molecule has 0 fully saturated rings. The van der Waals surface area contributed by atoms with Crippen LogP contribution >= 0.6 is 0 Å². The Labute approximate surface area is 141 Å². The first-order valence-corrected chi connectivity index (χ1v) is 6.57. The van der Waals surface area contributed by atoms with Crippen LogP contribution in [0.15, 0.2) is 11.7 Å². The van der Waals surface area contributed by atoms with Gasteiger partial charge in [0.05, 0.1) is 13.0 Å². The van der Waals surface area contributed by atoms with Crippen LogP contribution in [0.25, 0.3) is 0 Å². The second-order valence-electron chi connectivity index (χ2n) is 4.98. The summed E-state index contributed by atoms with van der Waals surface area (Å²) >= 11 is 0. The predicted molar refractivity (Wildman–Crippen MR) is 61.0 cm³/mol. The summed E-state index contributed by atoms with van der Waals surface area (Å²) in [5.74, 6) is -31.8. The van der Waals surface area contributed by atoms with E-state index in [1.165, 1.54) is 6.92 Å². The van der Waals surface area contributed by atoms with E-state index < -0.39 is 60.5 Å². The number of halogens is 13. The molecule has 0 saturated carbocycles. The molecule has 15 heteroatoms. The Bertz CT molecular complexity index is 572. The van der Waals surface area contributed by atoms with Gasteiger partial charge in [0.25, 0.3) is 6.08 Å². The Balaban J connectivity index is 6.04. The van der Waals surface area contributed by atoms with Gasteiger partial charge in [-0.25, -0.2) is 4.79 Å². The van der Waals surface area contributed by atoms with Crippen LogP contribution in [0, 0.1) is 0 Å². The van der Waals surface area contributed by atoms with E-state index in [0.717, 1.165) is 0 Å². The first-order chi connectivity index (χ1) is 11.8. The zero-order valence-electron chi connectivity index (χ0n) is 12.9. The van der Waals surface area contributed by atoms with E-state index in [1.807, 2.05) is 0 Å². The summed E-state index contributed by atoms with van der Waals surface area (Å²) in [6.07, 6.45) is -14.1. The first-order valence-electron chi connectivity index (χ1n) is 6.57. The molecule has 0 radical (unpaired) electrons. The summed E-state index contributed by atoms with van der Waals surface area (Å²) in [6.45, 7) is 0.588. The van der Waals surface area contributed by atoms with Gasteiger partial charge in [-0.15, -0.1) is 0 Å². The van der Waals surface area contributed by atoms with Gasteiger partial charge in [-0.05, 0) is 6.42 Å². The highest BCUT2D eigenvalue weighted by Gasteiger charge is 2.87. The number of carbonyl (C=O) groups is 1. The molecule has 27 heavy (non-hydrogen) atoms. The minimum atomic E-state index is -7.74. The van der Waals surface area contributed by atoms with E-state index in [-0.39, 0.29) is 6.42 Å². The number of carbonyl (C=O) groups excluding carboxylic acids is 1. The van der Waals surface area contributed by atoms with Crippen LogP contribution in [0.5, 0.6) is 0 Å². The third-order valence-corrected chi connectivity index (χ3v) is 2.91. The second kappa shape index (κ2) is 7.73. The maximum Gasteiger partial charge on any atom is 0.460 e. The lowest BCUT2D eigenvalue weighted by molar-refractivity contribution is -0.421. The third-order valence-electron chi connectivity index (χ3n) is 2.91. The minimum Gasteiger partial charge on any atom is -0.462 e. The van der Waals surface area contributed by atoms with Crippen LogP contribution in [0.4, 0.5) is 57.1 Å². The first kappa shape index (κ1) is 25.3. The number of rotatable bonds is 8. The fraction of sp³-hybridized carbons (Fsp3) is 0.750. The molecule has 0 aliphatic rings. The van der Waals surface area contributed by atoms with Crippen molar-refractivity contribution in [3.05, 3.63) is 11.7 Å². The zero-order chi connectivity index (χ0) is 22.1. The van der Waals surface area contributed by atoms with E-state index in [9.17, 15) is 61.9 Å². The van der Waals surface area contributed by atoms with E-state index in [2.05, 4.69) is 4.74 Å². The summed E-state index contributed by atoms with van der Waals surface area (Å²) in [6, 6.07) is 0. The van der Waals surface area contributed by atoms with Crippen molar-refractivity contribution in [2.75, 3.05) is 6.61 Å². The van der Waals surface area contributed by atoms with Gasteiger partial charge in [0, 0.05) is 0 Å². The molecule has 0 aromatic rings. The molecule has 0 heterocycles. The lowest BCUT2D eigenvalue weighted by atomic mass is 9.93. The molecule has 0 atom stereocenters. The average molecular weight is 432 g/mol. The molecule has 2 nitrogen and oxygen atoms in total. The van der Waals surface area contributed by atoms with Crippen molar-refractivity contribution in [1.29, 1.82) is 0 Å². The Morgan fingerprint density at radius 1 is 0.778 bits per heavy atom. The highest BCUT2D eigenvalue weighted by atomic mass is 19.4. The van der Waals surface area contributed by atoms with Crippen molar-refractivity contribution in [1.82, 2.24) is 0 Å². The van der Waals surface area contributed by atoms with Gasteiger partial charge in [0.2, 0.25) is 0 Å². The van der Waals surface area contributed by atoms with Crippen LogP contribution in [0.3, 0.4) is 0 Å². The summed E-state index contributed by atoms with van der Waals surface area (Å²) in [4.78, 5) is 11.1. The maximum absolute atomic E-state index is 13.4. The maximum atomic E-state index is 13.4. The van der Waals surface area contributed by atoms with Crippen molar-refractivity contribution >= 4 is 5.97 Å². The number of alkyl halides is 11. The van der Waals surface area contributed by atoms with Crippen LogP contribution in [0.2, 0.25) is 0 Å². The minimum absolute atomic E-state index is 0.0741. The van der Waals surface area contributed by atoms with Gasteiger partial charge in [-0.2, -0.15) is 57.1 Å². The lowest BCUT2D eigenvalue weighted by Gasteiger charge is -2.37. The second-order valence-corrected chi connectivity index (χ2v) is 4.98. The van der Waals surface area contributed by atoms with Gasteiger partial charge in [-0.1, -0.05) is 6.92 Å². The molecule has 0 unspecified atom stereocenters. The van der Waals surface area contributed by atoms with Gasteiger partial charge in [0.15, 0.2) is 0 Å². The molecule has 0 aliphatic heterocycles. The molecule has 0 aromatic heterocycles. The van der Waals surface area contributed by atoms with Gasteiger partial charge >= 0.3 is 35.8 Å². The molecule has 0 aromatic carbocycles. The third kappa shape index (κ3) is 4.59. The molecule has 0 aliphatic carbocycles. The largest absolute Gasteiger partial charge is 0.462 e. The van der Waals surface area contributed by atoms with Gasteiger partial charge < -0.3 is 4.74 Å².